The number of aromatic nitrogens is 3. The number of carbonyl (C=O) groups excluding carboxylic acids is 1. The van der Waals surface area contributed by atoms with Gasteiger partial charge in [-0.2, -0.15) is 10.2 Å². The van der Waals surface area contributed by atoms with Crippen molar-refractivity contribution in [3.05, 3.63) is 50.3 Å². The van der Waals surface area contributed by atoms with Gasteiger partial charge in [-0.3, -0.25) is 14.6 Å². The molecule has 0 bridgehead atoms. The molecule has 2 rings (SSSR count). The molecule has 0 spiro atoms. The number of hydrazone groups is 1. The minimum Gasteiger partial charge on any atom is -0.508 e. The smallest absolute Gasteiger partial charge is 0.342 e. The monoisotopic (exact) mass is 319 g/mol. The van der Waals surface area contributed by atoms with E-state index in [9.17, 15) is 19.5 Å². The van der Waals surface area contributed by atoms with Crippen LogP contribution in [0.3, 0.4) is 0 Å². The molecule has 10 heteroatoms. The zero-order chi connectivity index (χ0) is 16.8. The van der Waals surface area contributed by atoms with E-state index in [2.05, 4.69) is 20.7 Å². The summed E-state index contributed by atoms with van der Waals surface area (Å²) in [6.07, 6.45) is 1.16. The van der Waals surface area contributed by atoms with E-state index >= 15 is 0 Å². The average molecular weight is 319 g/mol. The Bertz CT molecular complexity index is 854. The molecule has 0 fully saturated rings. The number of amides is 1. The zero-order valence-electron chi connectivity index (χ0n) is 11.7. The Morgan fingerprint density at radius 1 is 1.35 bits per heavy atom. The van der Waals surface area contributed by atoms with Crippen molar-refractivity contribution in [3.8, 4) is 11.5 Å². The Morgan fingerprint density at radius 3 is 2.83 bits per heavy atom. The van der Waals surface area contributed by atoms with Crippen LogP contribution in [0.5, 0.6) is 11.5 Å². The maximum absolute atomic E-state index is 11.6. The minimum atomic E-state index is -0.721. The number of aryl methyl sites for hydroxylation is 1. The molecule has 0 aliphatic carbocycles. The predicted molar refractivity (Wildman–Crippen MR) is 79.3 cm³/mol. The van der Waals surface area contributed by atoms with Gasteiger partial charge in [0.25, 0.3) is 5.56 Å². The van der Waals surface area contributed by atoms with Crippen molar-refractivity contribution in [2.75, 3.05) is 0 Å². The molecule has 0 unspecified atom stereocenters. The number of carbonyl (C=O) groups is 1. The van der Waals surface area contributed by atoms with Crippen LogP contribution in [0.25, 0.3) is 0 Å². The summed E-state index contributed by atoms with van der Waals surface area (Å²) in [6.45, 7) is 0. The van der Waals surface area contributed by atoms with Gasteiger partial charge in [-0.05, 0) is 12.1 Å². The fourth-order valence-electron chi connectivity index (χ4n) is 1.64. The summed E-state index contributed by atoms with van der Waals surface area (Å²) in [4.78, 5) is 35.7. The second-order valence-corrected chi connectivity index (χ2v) is 4.49. The number of aromatic hydroxyl groups is 2. The molecule has 0 saturated heterocycles. The van der Waals surface area contributed by atoms with Crippen LogP contribution in [0, 0.1) is 0 Å². The molecule has 0 aliphatic heterocycles. The molecular weight excluding hydrogens is 306 g/mol. The second-order valence-electron chi connectivity index (χ2n) is 4.49. The van der Waals surface area contributed by atoms with Crippen LogP contribution in [0.4, 0.5) is 0 Å². The van der Waals surface area contributed by atoms with E-state index in [1.165, 1.54) is 18.3 Å². The molecule has 5 N–H and O–H groups in total. The van der Waals surface area contributed by atoms with E-state index in [1.54, 1.807) is 0 Å². The summed E-state index contributed by atoms with van der Waals surface area (Å²) in [5.74, 6) is -0.763. The summed E-state index contributed by atoms with van der Waals surface area (Å²) < 4.78 is 0. The lowest BCUT2D eigenvalue weighted by Gasteiger charge is -2.01. The van der Waals surface area contributed by atoms with Crippen LogP contribution in [-0.2, 0) is 11.2 Å². The van der Waals surface area contributed by atoms with E-state index in [1.807, 2.05) is 4.98 Å². The predicted octanol–water partition coefficient (Wildman–Crippen LogP) is -1.05. The number of H-pyrrole nitrogens is 2. The van der Waals surface area contributed by atoms with Crippen LogP contribution in [0.15, 0.2) is 32.9 Å². The topological polar surface area (TPSA) is 161 Å². The highest BCUT2D eigenvalue weighted by Crippen LogP contribution is 2.20. The van der Waals surface area contributed by atoms with Gasteiger partial charge in [0.05, 0.1) is 6.21 Å². The van der Waals surface area contributed by atoms with Crippen molar-refractivity contribution < 1.29 is 15.0 Å². The van der Waals surface area contributed by atoms with Crippen molar-refractivity contribution in [1.29, 1.82) is 0 Å². The number of nitrogens with zero attached hydrogens (tertiary/aromatic N) is 2. The molecule has 1 aromatic carbocycles. The van der Waals surface area contributed by atoms with Gasteiger partial charge in [0, 0.05) is 24.5 Å². The first-order valence-electron chi connectivity index (χ1n) is 6.47. The third kappa shape index (κ3) is 4.52. The van der Waals surface area contributed by atoms with Crippen LogP contribution in [-0.4, -0.2) is 37.5 Å². The Morgan fingerprint density at radius 2 is 2.13 bits per heavy atom. The van der Waals surface area contributed by atoms with E-state index in [0.717, 1.165) is 6.07 Å². The van der Waals surface area contributed by atoms with Crippen LogP contribution >= 0.6 is 0 Å². The number of rotatable bonds is 5. The molecule has 0 saturated carbocycles. The van der Waals surface area contributed by atoms with Crippen LogP contribution in [0.1, 0.15) is 17.7 Å². The van der Waals surface area contributed by atoms with Crippen molar-refractivity contribution in [3.63, 3.8) is 0 Å². The molecule has 2 aromatic rings. The molecule has 0 atom stereocenters. The summed E-state index contributed by atoms with van der Waals surface area (Å²) in [5.41, 5.74) is 1.18. The normalized spacial score (nSPS) is 10.8. The minimum absolute atomic E-state index is 0.0257. The first kappa shape index (κ1) is 15.9. The van der Waals surface area contributed by atoms with Gasteiger partial charge < -0.3 is 10.2 Å². The molecular formula is C13H13N5O5. The summed E-state index contributed by atoms with van der Waals surface area (Å²) in [7, 11) is 0. The third-order valence-corrected chi connectivity index (χ3v) is 2.78. The maximum atomic E-state index is 11.6. The lowest BCUT2D eigenvalue weighted by molar-refractivity contribution is -0.121. The van der Waals surface area contributed by atoms with Gasteiger partial charge in [-0.1, -0.05) is 0 Å². The highest BCUT2D eigenvalue weighted by molar-refractivity contribution is 5.85. The highest BCUT2D eigenvalue weighted by atomic mass is 16.3. The molecule has 23 heavy (non-hydrogen) atoms. The van der Waals surface area contributed by atoms with E-state index in [4.69, 9.17) is 5.11 Å². The second kappa shape index (κ2) is 7.02. The van der Waals surface area contributed by atoms with Crippen molar-refractivity contribution in [2.45, 2.75) is 12.8 Å². The lowest BCUT2D eigenvalue weighted by atomic mass is 10.2. The third-order valence-electron chi connectivity index (χ3n) is 2.78. The first-order valence-corrected chi connectivity index (χ1v) is 6.47. The van der Waals surface area contributed by atoms with E-state index < -0.39 is 17.2 Å². The molecule has 1 heterocycles. The molecule has 1 aromatic heterocycles. The van der Waals surface area contributed by atoms with Crippen molar-refractivity contribution in [1.82, 2.24) is 20.6 Å². The Labute approximate surface area is 128 Å². The molecule has 10 nitrogen and oxygen atoms in total. The van der Waals surface area contributed by atoms with Gasteiger partial charge in [-0.25, -0.2) is 15.3 Å². The quantitative estimate of drug-likeness (QED) is 0.349. The number of benzene rings is 1. The molecule has 120 valence electrons. The number of hydrogen-bond donors (Lipinski definition) is 5. The fourth-order valence-corrected chi connectivity index (χ4v) is 1.64. The molecule has 0 radical (unpaired) electrons. The molecule has 0 aliphatic rings. The standard InChI is InChI=1S/C13H13N5O5/c19-8-2-1-7(10(20)5-8)6-14-17-11(21)4-3-9-12(22)15-13(23)18-16-9/h1-2,5-6,19-20H,3-4H2,(H,17,21)(H2,15,18,22,23)/b14-6-. The van der Waals surface area contributed by atoms with Gasteiger partial charge >= 0.3 is 5.69 Å². The average Bonchev–Trinajstić information content (AvgIpc) is 2.48. The molecule has 1 amide bonds. The van der Waals surface area contributed by atoms with Crippen LogP contribution in [0.2, 0.25) is 0 Å². The summed E-state index contributed by atoms with van der Waals surface area (Å²) in [5, 5.41) is 27.9. The number of phenolic OH excluding ortho intramolecular Hbond substituents is 2. The van der Waals surface area contributed by atoms with E-state index in [-0.39, 0.29) is 30.0 Å². The van der Waals surface area contributed by atoms with Gasteiger partial charge in [0.2, 0.25) is 5.91 Å². The first-order chi connectivity index (χ1) is 11.0. The van der Waals surface area contributed by atoms with Crippen molar-refractivity contribution in [2.24, 2.45) is 5.10 Å². The maximum Gasteiger partial charge on any atom is 0.342 e. The number of hydrogen-bond acceptors (Lipinski definition) is 7. The SMILES string of the molecule is O=C(CCc1n[nH]c(=O)[nH]c1=O)N/N=C\c1ccc(O)cc1O. The zero-order valence-corrected chi connectivity index (χ0v) is 11.7. The van der Waals surface area contributed by atoms with Gasteiger partial charge in [-0.15, -0.1) is 0 Å². The largest absolute Gasteiger partial charge is 0.508 e. The number of phenols is 2. The van der Waals surface area contributed by atoms with Gasteiger partial charge in [0.15, 0.2) is 0 Å². The summed E-state index contributed by atoms with van der Waals surface area (Å²) in [6, 6.07) is 3.92. The van der Waals surface area contributed by atoms with Crippen LogP contribution < -0.4 is 16.7 Å². The Balaban J connectivity index is 1.88. The Hall–Kier alpha value is -3.43. The van der Waals surface area contributed by atoms with Crippen molar-refractivity contribution >= 4 is 12.1 Å². The van der Waals surface area contributed by atoms with E-state index in [0.29, 0.717) is 5.56 Å². The Kier molecular flexibility index (Phi) is 4.87. The summed E-state index contributed by atoms with van der Waals surface area (Å²) >= 11 is 0. The highest BCUT2D eigenvalue weighted by Gasteiger charge is 2.06. The number of aromatic amines is 2. The van der Waals surface area contributed by atoms with Gasteiger partial charge in [0.1, 0.15) is 17.2 Å². The fraction of sp³-hybridized carbons (Fsp3) is 0.154. The lowest BCUT2D eigenvalue weighted by Crippen LogP contribution is -2.28. The number of nitrogens with one attached hydrogen (secondary N) is 3.